The van der Waals surface area contributed by atoms with Crippen molar-refractivity contribution in [2.75, 3.05) is 27.3 Å². The van der Waals surface area contributed by atoms with Crippen LogP contribution in [-0.2, 0) is 6.54 Å². The molecule has 164 valence electrons. The molecule has 6 N–H and O–H groups in total. The van der Waals surface area contributed by atoms with Gasteiger partial charge in [-0.15, -0.1) is 0 Å². The Morgan fingerprint density at radius 2 is 1.83 bits per heavy atom. The fourth-order valence-corrected chi connectivity index (χ4v) is 2.75. The van der Waals surface area contributed by atoms with Gasteiger partial charge in [-0.3, -0.25) is 0 Å². The monoisotopic (exact) mass is 468 g/mol. The molecule has 0 radical (unpaired) electrons. The second kappa shape index (κ2) is 14.2. The molecule has 29 heavy (non-hydrogen) atoms. The Bertz CT molecular complexity index is 677. The summed E-state index contributed by atoms with van der Waals surface area (Å²) in [6, 6.07) is 7.99. The number of nitrogens with two attached hydrogens (primary N) is 2. The van der Waals surface area contributed by atoms with E-state index in [0.717, 1.165) is 40.7 Å². The average molecular weight is 469 g/mol. The largest absolute Gasteiger partial charge is 0.497 e. The maximum atomic E-state index is 7.00. The molecular weight excluding hydrogens is 432 g/mol. The third-order valence-electron chi connectivity index (χ3n) is 3.76. The van der Waals surface area contributed by atoms with E-state index in [9.17, 15) is 0 Å². The summed E-state index contributed by atoms with van der Waals surface area (Å²) in [4.78, 5) is 0. The van der Waals surface area contributed by atoms with Crippen molar-refractivity contribution in [3.8, 4) is 5.75 Å². The van der Waals surface area contributed by atoms with Crippen molar-refractivity contribution in [3.05, 3.63) is 63.9 Å². The molecule has 0 heterocycles. The molecule has 0 spiro atoms. The van der Waals surface area contributed by atoms with Crippen LogP contribution in [0.2, 0.25) is 0 Å². The number of nitrogens with zero attached hydrogens (tertiary/aromatic N) is 1. The van der Waals surface area contributed by atoms with Gasteiger partial charge in [-0.1, -0.05) is 32.9 Å². The second-order valence-electron chi connectivity index (χ2n) is 7.65. The van der Waals surface area contributed by atoms with Crippen LogP contribution >= 0.6 is 15.9 Å². The van der Waals surface area contributed by atoms with E-state index in [1.54, 1.807) is 12.1 Å². The average Bonchev–Trinajstić information content (AvgIpc) is 2.69. The van der Waals surface area contributed by atoms with E-state index in [4.69, 9.17) is 21.4 Å². The Hall–Kier alpha value is -1.80. The van der Waals surface area contributed by atoms with Crippen molar-refractivity contribution in [2.45, 2.75) is 34.2 Å². The molecule has 6 nitrogen and oxygen atoms in total. The lowest BCUT2D eigenvalue weighted by atomic mass is 9.97. The van der Waals surface area contributed by atoms with Crippen molar-refractivity contribution in [1.82, 2.24) is 10.3 Å². The zero-order chi connectivity index (χ0) is 22.4. The van der Waals surface area contributed by atoms with E-state index in [2.05, 4.69) is 42.0 Å². The highest BCUT2D eigenvalue weighted by Crippen LogP contribution is 2.20. The minimum absolute atomic E-state index is 0.134. The highest BCUT2D eigenvalue weighted by atomic mass is 79.9. The van der Waals surface area contributed by atoms with E-state index >= 15 is 0 Å². The Morgan fingerprint density at radius 3 is 2.31 bits per heavy atom. The van der Waals surface area contributed by atoms with Gasteiger partial charge in [-0.25, -0.2) is 5.84 Å². The third-order valence-corrected chi connectivity index (χ3v) is 4.86. The highest BCUT2D eigenvalue weighted by Gasteiger charge is 2.11. The number of hydrogen-bond donors (Lipinski definition) is 4. The number of rotatable bonds is 9. The Labute approximate surface area is 184 Å². The van der Waals surface area contributed by atoms with E-state index in [0.29, 0.717) is 13.1 Å². The van der Waals surface area contributed by atoms with Crippen LogP contribution in [0.5, 0.6) is 5.75 Å². The Kier molecular flexibility index (Phi) is 13.3. The fourth-order valence-electron chi connectivity index (χ4n) is 2.32. The molecule has 0 aliphatic heterocycles. The summed E-state index contributed by atoms with van der Waals surface area (Å²) in [5.74, 6) is 6.89. The van der Waals surface area contributed by atoms with E-state index in [-0.39, 0.29) is 5.41 Å². The summed E-state index contributed by atoms with van der Waals surface area (Å²) in [5, 5.41) is 12.2. The summed E-state index contributed by atoms with van der Waals surface area (Å²) in [7, 11) is 2.67. The number of nitrogens with one attached hydrogen (secondary N) is 1. The first-order valence-corrected chi connectivity index (χ1v) is 10.2. The third kappa shape index (κ3) is 11.7. The van der Waals surface area contributed by atoms with Gasteiger partial charge in [0, 0.05) is 43.1 Å². The first-order valence-electron chi connectivity index (χ1n) is 9.43. The number of halogens is 1. The minimum Gasteiger partial charge on any atom is -0.497 e. The first kappa shape index (κ1) is 27.2. The van der Waals surface area contributed by atoms with Gasteiger partial charge in [0.1, 0.15) is 5.75 Å². The SMILES string of the molecule is CO.COc1ccc(CNC(=C/C=C/N(N)CC(C)(C)C)/C(Br)=C(\C)CN)cc1. The molecule has 1 rings (SSSR count). The molecule has 0 saturated carbocycles. The summed E-state index contributed by atoms with van der Waals surface area (Å²) in [6.45, 7) is 10.4. The number of aliphatic hydroxyl groups is 1. The number of aliphatic hydroxyl groups excluding tert-OH is 1. The molecule has 0 aliphatic rings. The molecule has 0 aliphatic carbocycles. The quantitative estimate of drug-likeness (QED) is 0.251. The topological polar surface area (TPSA) is 96.8 Å². The molecule has 0 bridgehead atoms. The van der Waals surface area contributed by atoms with E-state index in [1.165, 1.54) is 0 Å². The predicted octanol–water partition coefficient (Wildman–Crippen LogP) is 3.64. The van der Waals surface area contributed by atoms with Gasteiger partial charge in [-0.2, -0.15) is 0 Å². The van der Waals surface area contributed by atoms with Crippen LogP contribution < -0.4 is 21.6 Å². The van der Waals surface area contributed by atoms with Crippen molar-refractivity contribution in [1.29, 1.82) is 0 Å². The minimum atomic E-state index is 0.134. The van der Waals surface area contributed by atoms with Gasteiger partial charge in [0.2, 0.25) is 0 Å². The summed E-state index contributed by atoms with van der Waals surface area (Å²) < 4.78 is 6.16. The number of ether oxygens (including phenoxy) is 1. The molecule has 0 unspecified atom stereocenters. The number of benzene rings is 1. The van der Waals surface area contributed by atoms with Crippen LogP contribution in [0.1, 0.15) is 33.3 Å². The van der Waals surface area contributed by atoms with Gasteiger partial charge >= 0.3 is 0 Å². The molecule has 0 saturated heterocycles. The molecule has 0 amide bonds. The fraction of sp³-hybridized carbons (Fsp3) is 0.455. The molecule has 0 aromatic heterocycles. The Balaban J connectivity index is 0.00000379. The van der Waals surface area contributed by atoms with Crippen LogP contribution in [0, 0.1) is 5.41 Å². The molecule has 7 heteroatoms. The van der Waals surface area contributed by atoms with Gasteiger partial charge in [0.05, 0.1) is 7.11 Å². The summed E-state index contributed by atoms with van der Waals surface area (Å²) in [5.41, 5.74) is 9.10. The van der Waals surface area contributed by atoms with Gasteiger partial charge < -0.3 is 25.9 Å². The van der Waals surface area contributed by atoms with Crippen LogP contribution in [0.4, 0.5) is 0 Å². The predicted molar refractivity (Wildman–Crippen MR) is 126 cm³/mol. The van der Waals surface area contributed by atoms with E-state index < -0.39 is 0 Å². The molecule has 0 atom stereocenters. The van der Waals surface area contributed by atoms with Crippen molar-refractivity contribution in [2.24, 2.45) is 17.0 Å². The van der Waals surface area contributed by atoms with Crippen LogP contribution in [0.3, 0.4) is 0 Å². The number of methoxy groups -OCH3 is 1. The maximum absolute atomic E-state index is 7.00. The molecule has 1 aromatic rings. The lowest BCUT2D eigenvalue weighted by Crippen LogP contribution is -2.33. The van der Waals surface area contributed by atoms with Crippen LogP contribution in [0.25, 0.3) is 0 Å². The van der Waals surface area contributed by atoms with Gasteiger partial charge in [0.25, 0.3) is 0 Å². The van der Waals surface area contributed by atoms with Crippen molar-refractivity contribution in [3.63, 3.8) is 0 Å². The molecule has 1 aromatic carbocycles. The summed E-state index contributed by atoms with van der Waals surface area (Å²) >= 11 is 3.65. The second-order valence-corrected chi connectivity index (χ2v) is 8.45. The van der Waals surface area contributed by atoms with E-state index in [1.807, 2.05) is 49.5 Å². The molecular formula is C22H37BrN4O2. The van der Waals surface area contributed by atoms with Gasteiger partial charge in [-0.05, 0) is 63.7 Å². The lowest BCUT2D eigenvalue weighted by Gasteiger charge is -2.24. The number of hydrogen-bond acceptors (Lipinski definition) is 6. The highest BCUT2D eigenvalue weighted by molar-refractivity contribution is 9.12. The zero-order valence-corrected chi connectivity index (χ0v) is 20.1. The molecule has 0 fully saturated rings. The first-order chi connectivity index (χ1) is 13.7. The van der Waals surface area contributed by atoms with Crippen LogP contribution in [0.15, 0.2) is 58.4 Å². The number of hydrazine groups is 1. The normalized spacial score (nSPS) is 12.8. The lowest BCUT2D eigenvalue weighted by molar-refractivity contribution is 0.256. The zero-order valence-electron chi connectivity index (χ0n) is 18.5. The standard InChI is InChI=1S/C21H33BrN4O.CH4O/c1-16(13-23)20(22)19(7-6-12-26(24)15-21(2,3)4)25-14-17-8-10-18(27-5)11-9-17;1-2/h6-12,25H,13-15,23-24H2,1-5H3;2H,1H3/b12-6+,19-7+,20-16-;. The maximum Gasteiger partial charge on any atom is 0.118 e. The Morgan fingerprint density at radius 1 is 1.24 bits per heavy atom. The van der Waals surface area contributed by atoms with Crippen molar-refractivity contribution < 1.29 is 9.84 Å². The van der Waals surface area contributed by atoms with Crippen LogP contribution in [-0.4, -0.2) is 37.4 Å². The van der Waals surface area contributed by atoms with Gasteiger partial charge in [0.15, 0.2) is 0 Å². The van der Waals surface area contributed by atoms with Crippen molar-refractivity contribution >= 4 is 15.9 Å². The summed E-state index contributed by atoms with van der Waals surface area (Å²) in [6.07, 6.45) is 5.81. The smallest absolute Gasteiger partial charge is 0.118 e. The number of allylic oxidation sites excluding steroid dienone is 3.